The van der Waals surface area contributed by atoms with Crippen molar-refractivity contribution in [2.45, 2.75) is 32.4 Å². The second-order valence-electron chi connectivity index (χ2n) is 6.22. The zero-order chi connectivity index (χ0) is 19.9. The largest absolute Gasteiger partial charge is 0.441 e. The lowest BCUT2D eigenvalue weighted by atomic mass is 10.1. The van der Waals surface area contributed by atoms with Crippen LogP contribution in [0.4, 0.5) is 8.78 Å². The summed E-state index contributed by atoms with van der Waals surface area (Å²) in [5.74, 6) is 1.00. The minimum Gasteiger partial charge on any atom is -0.441 e. The van der Waals surface area contributed by atoms with Gasteiger partial charge in [-0.2, -0.15) is 8.78 Å². The van der Waals surface area contributed by atoms with Crippen LogP contribution in [0.2, 0.25) is 0 Å². The SMILES string of the molecule is CC(NC(=O)CCc1ncc(-c2ccccc2)o1)c1cccc(OC(F)F)c1. The number of carbonyl (C=O) groups is 1. The topological polar surface area (TPSA) is 64.4 Å². The van der Waals surface area contributed by atoms with E-state index in [9.17, 15) is 13.6 Å². The van der Waals surface area contributed by atoms with Crippen LogP contribution >= 0.6 is 0 Å². The highest BCUT2D eigenvalue weighted by Crippen LogP contribution is 2.22. The molecule has 1 amide bonds. The van der Waals surface area contributed by atoms with Gasteiger partial charge in [0, 0.05) is 18.4 Å². The van der Waals surface area contributed by atoms with Gasteiger partial charge in [-0.1, -0.05) is 42.5 Å². The molecule has 2 aromatic carbocycles. The number of carbonyl (C=O) groups excluding carboxylic acids is 1. The molecule has 0 aliphatic heterocycles. The van der Waals surface area contributed by atoms with Crippen LogP contribution in [0.25, 0.3) is 11.3 Å². The number of amides is 1. The van der Waals surface area contributed by atoms with Gasteiger partial charge in [0.15, 0.2) is 11.7 Å². The molecule has 0 fully saturated rings. The number of benzene rings is 2. The van der Waals surface area contributed by atoms with E-state index in [1.807, 2.05) is 30.3 Å². The molecule has 0 aliphatic rings. The molecule has 1 heterocycles. The van der Waals surface area contributed by atoms with Crippen molar-refractivity contribution in [3.63, 3.8) is 0 Å². The third kappa shape index (κ3) is 5.39. The highest BCUT2D eigenvalue weighted by Gasteiger charge is 2.13. The normalized spacial score (nSPS) is 12.0. The highest BCUT2D eigenvalue weighted by atomic mass is 19.3. The first kappa shape index (κ1) is 19.5. The van der Waals surface area contributed by atoms with Crippen molar-refractivity contribution in [2.75, 3.05) is 0 Å². The van der Waals surface area contributed by atoms with E-state index in [2.05, 4.69) is 15.0 Å². The third-order valence-corrected chi connectivity index (χ3v) is 4.14. The van der Waals surface area contributed by atoms with Gasteiger partial charge in [-0.05, 0) is 24.6 Å². The molecule has 1 unspecified atom stereocenters. The summed E-state index contributed by atoms with van der Waals surface area (Å²) in [4.78, 5) is 16.4. The van der Waals surface area contributed by atoms with E-state index >= 15 is 0 Å². The van der Waals surface area contributed by atoms with E-state index in [-0.39, 0.29) is 24.1 Å². The van der Waals surface area contributed by atoms with E-state index < -0.39 is 6.61 Å². The average Bonchev–Trinajstić information content (AvgIpc) is 3.16. The summed E-state index contributed by atoms with van der Waals surface area (Å²) >= 11 is 0. The van der Waals surface area contributed by atoms with Crippen LogP contribution in [0.3, 0.4) is 0 Å². The fraction of sp³-hybridized carbons (Fsp3) is 0.238. The summed E-state index contributed by atoms with van der Waals surface area (Å²) in [6.45, 7) is -1.11. The van der Waals surface area contributed by atoms with Crippen LogP contribution in [-0.4, -0.2) is 17.5 Å². The Labute approximate surface area is 161 Å². The van der Waals surface area contributed by atoms with Crippen molar-refractivity contribution in [2.24, 2.45) is 0 Å². The van der Waals surface area contributed by atoms with Crippen LogP contribution in [0, 0.1) is 0 Å². The maximum Gasteiger partial charge on any atom is 0.387 e. The molecule has 0 aliphatic carbocycles. The predicted molar refractivity (Wildman–Crippen MR) is 99.9 cm³/mol. The van der Waals surface area contributed by atoms with Gasteiger partial charge in [-0.3, -0.25) is 4.79 Å². The van der Waals surface area contributed by atoms with Gasteiger partial charge in [0.25, 0.3) is 0 Å². The summed E-state index contributed by atoms with van der Waals surface area (Å²) in [5, 5.41) is 2.83. The van der Waals surface area contributed by atoms with E-state index in [1.165, 1.54) is 12.1 Å². The molecule has 5 nitrogen and oxygen atoms in total. The maximum atomic E-state index is 12.3. The Hall–Kier alpha value is -3.22. The molecule has 7 heteroatoms. The Morgan fingerprint density at radius 1 is 1.18 bits per heavy atom. The molecule has 0 saturated heterocycles. The molecule has 0 radical (unpaired) electrons. The first-order chi connectivity index (χ1) is 13.5. The number of aromatic nitrogens is 1. The lowest BCUT2D eigenvalue weighted by Crippen LogP contribution is -2.26. The predicted octanol–water partition coefficient (Wildman–Crippen LogP) is 4.75. The van der Waals surface area contributed by atoms with Gasteiger partial charge >= 0.3 is 6.61 Å². The average molecular weight is 386 g/mol. The Morgan fingerprint density at radius 2 is 1.96 bits per heavy atom. The summed E-state index contributed by atoms with van der Waals surface area (Å²) in [6, 6.07) is 15.5. The van der Waals surface area contributed by atoms with E-state index in [0.717, 1.165) is 5.56 Å². The van der Waals surface area contributed by atoms with E-state index in [0.29, 0.717) is 23.6 Å². The third-order valence-electron chi connectivity index (χ3n) is 4.14. The Bertz CT molecular complexity index is 913. The van der Waals surface area contributed by atoms with Gasteiger partial charge in [-0.25, -0.2) is 4.98 Å². The summed E-state index contributed by atoms with van der Waals surface area (Å²) in [5.41, 5.74) is 1.60. The summed E-state index contributed by atoms with van der Waals surface area (Å²) < 4.78 is 34.7. The number of halogens is 2. The number of oxazole rings is 1. The highest BCUT2D eigenvalue weighted by molar-refractivity contribution is 5.76. The molecule has 28 heavy (non-hydrogen) atoms. The molecule has 1 N–H and O–H groups in total. The van der Waals surface area contributed by atoms with Crippen LogP contribution in [-0.2, 0) is 11.2 Å². The maximum absolute atomic E-state index is 12.3. The van der Waals surface area contributed by atoms with Gasteiger partial charge in [-0.15, -0.1) is 0 Å². The molecule has 3 rings (SSSR count). The number of rotatable bonds is 8. The molecule has 3 aromatic rings. The van der Waals surface area contributed by atoms with Gasteiger partial charge in [0.2, 0.25) is 5.91 Å². The van der Waals surface area contributed by atoms with Crippen molar-refractivity contribution in [1.82, 2.24) is 10.3 Å². The summed E-state index contributed by atoms with van der Waals surface area (Å²) in [7, 11) is 0. The van der Waals surface area contributed by atoms with Crippen LogP contribution in [0.5, 0.6) is 5.75 Å². The summed E-state index contributed by atoms with van der Waals surface area (Å²) in [6.07, 6.45) is 2.20. The minimum absolute atomic E-state index is 0.0572. The molecule has 146 valence electrons. The number of alkyl halides is 2. The zero-order valence-corrected chi connectivity index (χ0v) is 15.3. The van der Waals surface area contributed by atoms with Crippen molar-refractivity contribution in [3.05, 3.63) is 72.2 Å². The fourth-order valence-corrected chi connectivity index (χ4v) is 2.74. The number of aryl methyl sites for hydroxylation is 1. The van der Waals surface area contributed by atoms with E-state index in [4.69, 9.17) is 4.42 Å². The number of nitrogens with one attached hydrogen (secondary N) is 1. The zero-order valence-electron chi connectivity index (χ0n) is 15.3. The molecule has 0 bridgehead atoms. The molecule has 0 spiro atoms. The molecular weight excluding hydrogens is 366 g/mol. The second-order valence-corrected chi connectivity index (χ2v) is 6.22. The second kappa shape index (κ2) is 9.12. The first-order valence-corrected chi connectivity index (χ1v) is 8.85. The van der Waals surface area contributed by atoms with Gasteiger partial charge in [0.05, 0.1) is 12.2 Å². The molecule has 1 aromatic heterocycles. The van der Waals surface area contributed by atoms with Crippen LogP contribution < -0.4 is 10.1 Å². The molecule has 1 atom stereocenters. The van der Waals surface area contributed by atoms with Crippen molar-refractivity contribution < 1.29 is 22.7 Å². The first-order valence-electron chi connectivity index (χ1n) is 8.85. The number of ether oxygens (including phenoxy) is 1. The van der Waals surface area contributed by atoms with Crippen molar-refractivity contribution in [3.8, 4) is 17.1 Å². The molecule has 0 saturated carbocycles. The van der Waals surface area contributed by atoms with Gasteiger partial charge in [0.1, 0.15) is 5.75 Å². The van der Waals surface area contributed by atoms with Crippen molar-refractivity contribution >= 4 is 5.91 Å². The Morgan fingerprint density at radius 3 is 2.71 bits per heavy atom. The number of hydrogen-bond acceptors (Lipinski definition) is 4. The lowest BCUT2D eigenvalue weighted by Gasteiger charge is -2.15. The Kier molecular flexibility index (Phi) is 6.37. The standard InChI is InChI=1S/C21H20F2N2O3/c1-14(16-8-5-9-17(12-16)27-21(22)23)25-19(26)10-11-20-24-13-18(28-20)15-6-3-2-4-7-15/h2-9,12-14,21H,10-11H2,1H3,(H,25,26). The van der Waals surface area contributed by atoms with E-state index in [1.54, 1.807) is 25.3 Å². The monoisotopic (exact) mass is 386 g/mol. The number of nitrogens with zero attached hydrogens (tertiary/aromatic N) is 1. The quantitative estimate of drug-likeness (QED) is 0.607. The van der Waals surface area contributed by atoms with Crippen LogP contribution in [0.15, 0.2) is 65.2 Å². The van der Waals surface area contributed by atoms with Crippen molar-refractivity contribution in [1.29, 1.82) is 0 Å². The smallest absolute Gasteiger partial charge is 0.387 e. The number of hydrogen-bond donors (Lipinski definition) is 1. The minimum atomic E-state index is -2.89. The Balaban J connectivity index is 1.52. The van der Waals surface area contributed by atoms with Gasteiger partial charge < -0.3 is 14.5 Å². The lowest BCUT2D eigenvalue weighted by molar-refractivity contribution is -0.121. The molecular formula is C21H20F2N2O3. The van der Waals surface area contributed by atoms with Crippen LogP contribution in [0.1, 0.15) is 30.8 Å². The fourth-order valence-electron chi connectivity index (χ4n) is 2.74.